The van der Waals surface area contributed by atoms with Crippen molar-refractivity contribution in [1.82, 2.24) is 5.32 Å². The summed E-state index contributed by atoms with van der Waals surface area (Å²) >= 11 is 0. The van der Waals surface area contributed by atoms with Crippen LogP contribution in [0.15, 0.2) is 0 Å². The summed E-state index contributed by atoms with van der Waals surface area (Å²) in [6.07, 6.45) is -1.19. The summed E-state index contributed by atoms with van der Waals surface area (Å²) in [5.74, 6) is -0.389. The van der Waals surface area contributed by atoms with Crippen molar-refractivity contribution in [2.24, 2.45) is 5.73 Å². The first-order valence-electron chi connectivity index (χ1n) is 5.64. The molecule has 9 nitrogen and oxygen atoms in total. The van der Waals surface area contributed by atoms with E-state index in [1.165, 1.54) is 0 Å². The Morgan fingerprint density at radius 1 is 1.44 bits per heavy atom. The summed E-state index contributed by atoms with van der Waals surface area (Å²) in [7, 11) is 0. The largest absolute Gasteiger partial charge is 0.371 e. The predicted octanol–water partition coefficient (Wildman–Crippen LogP) is -1.81. The number of carbonyl (C=O) groups is 1. The molecule has 0 aliphatic carbocycles. The standard InChI is InChI=1S/C9H15N3O6/c10-7(13)1-2-11-5-3-16-9-6(18-12(14)15)4-17-8(5)9/h5-6,8-9,11H,1-4H2,(H2,10,13)/t5-,6+,8-,9-/m1/s1. The molecule has 4 atom stereocenters. The monoisotopic (exact) mass is 261 g/mol. The molecule has 2 saturated heterocycles. The molecule has 0 spiro atoms. The Morgan fingerprint density at radius 2 is 2.17 bits per heavy atom. The van der Waals surface area contributed by atoms with E-state index >= 15 is 0 Å². The third-order valence-corrected chi connectivity index (χ3v) is 3.01. The highest BCUT2D eigenvalue weighted by Crippen LogP contribution is 2.28. The zero-order chi connectivity index (χ0) is 13.1. The van der Waals surface area contributed by atoms with E-state index in [9.17, 15) is 14.9 Å². The Balaban J connectivity index is 1.81. The lowest BCUT2D eigenvalue weighted by molar-refractivity contribution is -0.769. The van der Waals surface area contributed by atoms with Crippen molar-refractivity contribution in [2.45, 2.75) is 30.8 Å². The van der Waals surface area contributed by atoms with Crippen LogP contribution in [-0.2, 0) is 19.1 Å². The highest BCUT2D eigenvalue weighted by molar-refractivity contribution is 5.73. The molecule has 2 fully saturated rings. The van der Waals surface area contributed by atoms with Crippen molar-refractivity contribution in [3.8, 4) is 0 Å². The van der Waals surface area contributed by atoms with Crippen molar-refractivity contribution in [2.75, 3.05) is 19.8 Å². The van der Waals surface area contributed by atoms with E-state index < -0.39 is 17.3 Å². The SMILES string of the molecule is NC(=O)CCN[C@@H]1CO[C@H]2[C@@H]1OC[C@@H]2O[N+](=O)[O-]. The summed E-state index contributed by atoms with van der Waals surface area (Å²) in [5, 5.41) is 12.5. The van der Waals surface area contributed by atoms with Crippen LogP contribution in [-0.4, -0.2) is 55.1 Å². The van der Waals surface area contributed by atoms with Crippen LogP contribution in [0.1, 0.15) is 6.42 Å². The van der Waals surface area contributed by atoms with Gasteiger partial charge in [-0.1, -0.05) is 0 Å². The minimum absolute atomic E-state index is 0.102. The van der Waals surface area contributed by atoms with Gasteiger partial charge in [0.05, 0.1) is 19.3 Å². The van der Waals surface area contributed by atoms with Crippen LogP contribution < -0.4 is 11.1 Å². The third kappa shape index (κ3) is 2.86. The zero-order valence-electron chi connectivity index (χ0n) is 9.61. The van der Waals surface area contributed by atoms with Gasteiger partial charge in [-0.2, -0.15) is 0 Å². The van der Waals surface area contributed by atoms with Gasteiger partial charge in [0, 0.05) is 13.0 Å². The van der Waals surface area contributed by atoms with Crippen LogP contribution in [0.5, 0.6) is 0 Å². The number of carbonyl (C=O) groups excluding carboxylic acids is 1. The molecule has 18 heavy (non-hydrogen) atoms. The molecule has 0 aromatic rings. The van der Waals surface area contributed by atoms with Gasteiger partial charge in [0.25, 0.3) is 5.09 Å². The number of hydrogen-bond acceptors (Lipinski definition) is 7. The molecule has 0 radical (unpaired) electrons. The van der Waals surface area contributed by atoms with Crippen LogP contribution in [0.3, 0.4) is 0 Å². The van der Waals surface area contributed by atoms with Crippen molar-refractivity contribution in [3.63, 3.8) is 0 Å². The molecule has 2 heterocycles. The normalized spacial score (nSPS) is 34.2. The molecule has 3 N–H and O–H groups in total. The molecule has 2 aliphatic rings. The van der Waals surface area contributed by atoms with E-state index in [0.29, 0.717) is 13.2 Å². The first-order valence-corrected chi connectivity index (χ1v) is 5.64. The van der Waals surface area contributed by atoms with Crippen LogP contribution in [0.25, 0.3) is 0 Å². The number of hydrogen-bond donors (Lipinski definition) is 2. The molecule has 2 rings (SSSR count). The second-order valence-electron chi connectivity index (χ2n) is 4.24. The van der Waals surface area contributed by atoms with Gasteiger partial charge >= 0.3 is 0 Å². The van der Waals surface area contributed by atoms with Crippen LogP contribution in [0, 0.1) is 10.1 Å². The molecular formula is C9H15N3O6. The minimum Gasteiger partial charge on any atom is -0.371 e. The number of amides is 1. The summed E-state index contributed by atoms with van der Waals surface area (Å²) < 4.78 is 10.9. The molecular weight excluding hydrogens is 246 g/mol. The summed E-state index contributed by atoms with van der Waals surface area (Å²) in [4.78, 5) is 25.4. The van der Waals surface area contributed by atoms with Gasteiger partial charge < -0.3 is 25.4 Å². The Hall–Kier alpha value is -1.45. The van der Waals surface area contributed by atoms with E-state index in [1.807, 2.05) is 0 Å². The first-order chi connectivity index (χ1) is 8.58. The maximum absolute atomic E-state index is 10.6. The van der Waals surface area contributed by atoms with Crippen LogP contribution in [0.2, 0.25) is 0 Å². The lowest BCUT2D eigenvalue weighted by Crippen LogP contribution is -2.42. The number of primary amides is 1. The van der Waals surface area contributed by atoms with Crippen molar-refractivity contribution >= 4 is 5.91 Å². The molecule has 102 valence electrons. The van der Waals surface area contributed by atoms with Gasteiger partial charge in [-0.3, -0.25) is 4.79 Å². The minimum atomic E-state index is -0.840. The topological polar surface area (TPSA) is 126 Å². The summed E-state index contributed by atoms with van der Waals surface area (Å²) in [5.41, 5.74) is 5.02. The molecule has 1 amide bonds. The molecule has 2 aliphatic heterocycles. The lowest BCUT2D eigenvalue weighted by Gasteiger charge is -2.16. The second kappa shape index (κ2) is 5.46. The van der Waals surface area contributed by atoms with E-state index in [-0.39, 0.29) is 31.1 Å². The molecule has 0 saturated carbocycles. The van der Waals surface area contributed by atoms with Gasteiger partial charge in [0.1, 0.15) is 12.2 Å². The average Bonchev–Trinajstić information content (AvgIpc) is 2.82. The molecule has 0 aromatic heterocycles. The third-order valence-electron chi connectivity index (χ3n) is 3.01. The van der Waals surface area contributed by atoms with Crippen molar-refractivity contribution in [3.05, 3.63) is 10.1 Å². The molecule has 0 unspecified atom stereocenters. The van der Waals surface area contributed by atoms with Gasteiger partial charge in [0.15, 0.2) is 6.10 Å². The fourth-order valence-corrected chi connectivity index (χ4v) is 2.22. The van der Waals surface area contributed by atoms with Gasteiger partial charge in [-0.25, -0.2) is 0 Å². The summed E-state index contributed by atoms with van der Waals surface area (Å²) in [6, 6.07) is -0.102. The molecule has 0 bridgehead atoms. The smallest absolute Gasteiger partial charge is 0.294 e. The fraction of sp³-hybridized carbons (Fsp3) is 0.889. The molecule has 0 aromatic carbocycles. The van der Waals surface area contributed by atoms with Crippen molar-refractivity contribution < 1.29 is 24.2 Å². The maximum Gasteiger partial charge on any atom is 0.294 e. The average molecular weight is 261 g/mol. The molecule has 9 heteroatoms. The Labute approximate surface area is 103 Å². The van der Waals surface area contributed by atoms with E-state index in [1.54, 1.807) is 0 Å². The lowest BCUT2D eigenvalue weighted by atomic mass is 10.1. The number of ether oxygens (including phenoxy) is 2. The predicted molar refractivity (Wildman–Crippen MR) is 56.9 cm³/mol. The van der Waals surface area contributed by atoms with E-state index in [2.05, 4.69) is 10.2 Å². The van der Waals surface area contributed by atoms with Crippen molar-refractivity contribution in [1.29, 1.82) is 0 Å². The number of nitrogens with zero attached hydrogens (tertiary/aromatic N) is 1. The van der Waals surface area contributed by atoms with Crippen LogP contribution >= 0.6 is 0 Å². The van der Waals surface area contributed by atoms with Gasteiger partial charge in [0.2, 0.25) is 5.91 Å². The van der Waals surface area contributed by atoms with Gasteiger partial charge in [-0.15, -0.1) is 10.1 Å². The number of nitrogens with two attached hydrogens (primary N) is 1. The highest BCUT2D eigenvalue weighted by atomic mass is 17.0. The Bertz CT molecular complexity index is 338. The van der Waals surface area contributed by atoms with Crippen LogP contribution in [0.4, 0.5) is 0 Å². The van der Waals surface area contributed by atoms with Gasteiger partial charge in [-0.05, 0) is 0 Å². The Morgan fingerprint density at radius 3 is 2.83 bits per heavy atom. The number of rotatable bonds is 6. The van der Waals surface area contributed by atoms with E-state index in [4.69, 9.17) is 15.2 Å². The number of fused-ring (bicyclic) bond motifs is 1. The fourth-order valence-electron chi connectivity index (χ4n) is 2.22. The first kappa shape index (κ1) is 13.0. The Kier molecular flexibility index (Phi) is 3.94. The number of nitrogens with one attached hydrogen (secondary N) is 1. The summed E-state index contributed by atoms with van der Waals surface area (Å²) in [6.45, 7) is 0.923. The maximum atomic E-state index is 10.6. The highest BCUT2D eigenvalue weighted by Gasteiger charge is 2.49. The van der Waals surface area contributed by atoms with E-state index in [0.717, 1.165) is 0 Å². The quantitative estimate of drug-likeness (QED) is 0.426. The zero-order valence-corrected chi connectivity index (χ0v) is 9.61. The second-order valence-corrected chi connectivity index (χ2v) is 4.24.